The zero-order valence-electron chi connectivity index (χ0n) is 16.1. The van der Waals surface area contributed by atoms with E-state index in [2.05, 4.69) is 31.2 Å². The Balaban J connectivity index is 2.18. The number of rotatable bonds is 4. The highest BCUT2D eigenvalue weighted by Crippen LogP contribution is 2.25. The molecule has 0 saturated carbocycles. The van der Waals surface area contributed by atoms with E-state index in [9.17, 15) is 4.79 Å². The van der Waals surface area contributed by atoms with Crippen molar-refractivity contribution in [3.05, 3.63) is 53.9 Å². The zero-order chi connectivity index (χ0) is 18.9. The monoisotopic (exact) mass is 350 g/mol. The Morgan fingerprint density at radius 2 is 1.88 bits per heavy atom. The van der Waals surface area contributed by atoms with Crippen LogP contribution in [-0.4, -0.2) is 26.5 Å². The van der Waals surface area contributed by atoms with Crippen LogP contribution in [0.5, 0.6) is 0 Å². The van der Waals surface area contributed by atoms with Crippen molar-refractivity contribution in [1.82, 2.24) is 19.9 Å². The fourth-order valence-electron chi connectivity index (χ4n) is 2.66. The predicted octanol–water partition coefficient (Wildman–Crippen LogP) is 4.22. The van der Waals surface area contributed by atoms with Crippen LogP contribution in [0.15, 0.2) is 42.5 Å². The van der Waals surface area contributed by atoms with E-state index in [0.29, 0.717) is 11.3 Å². The third-order valence-corrected chi connectivity index (χ3v) is 4.49. The lowest BCUT2D eigenvalue weighted by Crippen LogP contribution is -2.33. The van der Waals surface area contributed by atoms with Crippen molar-refractivity contribution < 1.29 is 4.79 Å². The lowest BCUT2D eigenvalue weighted by molar-refractivity contribution is 0.0931. The van der Waals surface area contributed by atoms with Crippen LogP contribution in [0.1, 0.15) is 57.2 Å². The zero-order valence-corrected chi connectivity index (χ0v) is 16.1. The van der Waals surface area contributed by atoms with Gasteiger partial charge < -0.3 is 5.32 Å². The van der Waals surface area contributed by atoms with E-state index in [1.54, 1.807) is 4.52 Å². The first-order valence-electron chi connectivity index (χ1n) is 9.07. The minimum absolute atomic E-state index is 0.100. The number of carbonyl (C=O) groups is 1. The number of carbonyl (C=O) groups excluding carboxylic acids is 1. The quantitative estimate of drug-likeness (QED) is 0.766. The summed E-state index contributed by atoms with van der Waals surface area (Å²) >= 11 is 0. The second-order valence-corrected chi connectivity index (χ2v) is 7.72. The Morgan fingerprint density at radius 1 is 1.19 bits per heavy atom. The predicted molar refractivity (Wildman–Crippen MR) is 104 cm³/mol. The minimum Gasteiger partial charge on any atom is -0.348 e. The lowest BCUT2D eigenvalue weighted by atomic mass is 9.93. The molecular formula is C21H26N4O. The van der Waals surface area contributed by atoms with E-state index in [1.165, 1.54) is 0 Å². The minimum atomic E-state index is -0.132. The average molecular weight is 350 g/mol. The number of nitrogens with zero attached hydrogens (tertiary/aromatic N) is 3. The van der Waals surface area contributed by atoms with Crippen molar-refractivity contribution in [3.63, 3.8) is 0 Å². The fraction of sp³-hybridized carbons (Fsp3) is 0.381. The maximum Gasteiger partial charge on any atom is 0.270 e. The highest BCUT2D eigenvalue weighted by molar-refractivity contribution is 5.94. The molecule has 0 spiro atoms. The number of hydrogen-bond donors (Lipinski definition) is 1. The van der Waals surface area contributed by atoms with Crippen LogP contribution >= 0.6 is 0 Å². The lowest BCUT2D eigenvalue weighted by Gasteiger charge is -2.14. The van der Waals surface area contributed by atoms with Crippen LogP contribution in [0.4, 0.5) is 0 Å². The SMILES string of the molecule is CC[C@@H](C)NC(=O)c1cc(-c2ccccc2)nc2cc(C(C)(C)C)nn12. The van der Waals surface area contributed by atoms with Gasteiger partial charge >= 0.3 is 0 Å². The first-order chi connectivity index (χ1) is 12.3. The van der Waals surface area contributed by atoms with Crippen molar-refractivity contribution in [3.8, 4) is 11.3 Å². The number of hydrogen-bond acceptors (Lipinski definition) is 3. The summed E-state index contributed by atoms with van der Waals surface area (Å²) in [4.78, 5) is 17.6. The van der Waals surface area contributed by atoms with Crippen LogP contribution in [0, 0.1) is 0 Å². The molecule has 0 aliphatic carbocycles. The summed E-state index contributed by atoms with van der Waals surface area (Å²) in [5, 5.41) is 7.70. The normalized spacial score (nSPS) is 13.0. The number of benzene rings is 1. The number of nitrogens with one attached hydrogen (secondary N) is 1. The van der Waals surface area contributed by atoms with Gasteiger partial charge in [0.2, 0.25) is 0 Å². The maximum absolute atomic E-state index is 12.9. The number of fused-ring (bicyclic) bond motifs is 1. The first-order valence-corrected chi connectivity index (χ1v) is 9.07. The molecule has 0 fully saturated rings. The summed E-state index contributed by atoms with van der Waals surface area (Å²) in [5.74, 6) is -0.132. The number of aromatic nitrogens is 3. The van der Waals surface area contributed by atoms with E-state index in [-0.39, 0.29) is 17.4 Å². The molecule has 136 valence electrons. The topological polar surface area (TPSA) is 59.3 Å². The van der Waals surface area contributed by atoms with Gasteiger partial charge in [0.15, 0.2) is 5.65 Å². The summed E-state index contributed by atoms with van der Waals surface area (Å²) in [6.45, 7) is 10.4. The standard InChI is InChI=1S/C21H26N4O/c1-6-14(2)22-20(26)17-12-16(15-10-8-7-9-11-15)23-19-13-18(21(3,4)5)24-25(17)19/h7-14H,6H2,1-5H3,(H,22,26)/t14-/m1/s1. The molecule has 0 aliphatic rings. The van der Waals surface area contributed by atoms with Crippen LogP contribution in [-0.2, 0) is 5.41 Å². The van der Waals surface area contributed by atoms with Gasteiger partial charge in [0.1, 0.15) is 5.69 Å². The number of amides is 1. The van der Waals surface area contributed by atoms with E-state index in [4.69, 9.17) is 4.98 Å². The van der Waals surface area contributed by atoms with Gasteiger partial charge in [-0.15, -0.1) is 0 Å². The molecule has 1 amide bonds. The second kappa shape index (κ2) is 6.90. The van der Waals surface area contributed by atoms with E-state index >= 15 is 0 Å². The molecule has 0 aliphatic heterocycles. The maximum atomic E-state index is 12.9. The largest absolute Gasteiger partial charge is 0.348 e. The van der Waals surface area contributed by atoms with Gasteiger partial charge in [-0.2, -0.15) is 5.10 Å². The summed E-state index contributed by atoms with van der Waals surface area (Å²) in [7, 11) is 0. The van der Waals surface area contributed by atoms with E-state index in [1.807, 2.05) is 56.3 Å². The molecule has 3 aromatic rings. The Kier molecular flexibility index (Phi) is 4.81. The smallest absolute Gasteiger partial charge is 0.270 e. The summed E-state index contributed by atoms with van der Waals surface area (Å²) in [5.41, 5.74) is 3.73. The van der Waals surface area contributed by atoms with Crippen molar-refractivity contribution in [1.29, 1.82) is 0 Å². The van der Waals surface area contributed by atoms with Crippen molar-refractivity contribution >= 4 is 11.6 Å². The van der Waals surface area contributed by atoms with Crippen molar-refractivity contribution in [2.24, 2.45) is 0 Å². The molecule has 0 unspecified atom stereocenters. The van der Waals surface area contributed by atoms with Gasteiger partial charge in [-0.1, -0.05) is 58.0 Å². The Hall–Kier alpha value is -2.69. The Bertz CT molecular complexity index is 922. The van der Waals surface area contributed by atoms with Gasteiger partial charge in [-0.25, -0.2) is 9.50 Å². The highest BCUT2D eigenvalue weighted by atomic mass is 16.2. The molecular weight excluding hydrogens is 324 g/mol. The highest BCUT2D eigenvalue weighted by Gasteiger charge is 2.22. The van der Waals surface area contributed by atoms with Crippen molar-refractivity contribution in [2.45, 2.75) is 52.5 Å². The third kappa shape index (κ3) is 3.62. The molecule has 0 radical (unpaired) electrons. The molecule has 3 rings (SSSR count). The van der Waals surface area contributed by atoms with E-state index in [0.717, 1.165) is 23.4 Å². The van der Waals surface area contributed by atoms with Crippen LogP contribution in [0.2, 0.25) is 0 Å². The molecule has 1 atom stereocenters. The van der Waals surface area contributed by atoms with Crippen LogP contribution < -0.4 is 5.32 Å². The second-order valence-electron chi connectivity index (χ2n) is 7.72. The van der Waals surface area contributed by atoms with Crippen LogP contribution in [0.25, 0.3) is 16.9 Å². The third-order valence-electron chi connectivity index (χ3n) is 4.49. The van der Waals surface area contributed by atoms with Gasteiger partial charge in [-0.3, -0.25) is 4.79 Å². The molecule has 2 aromatic heterocycles. The molecule has 2 heterocycles. The molecule has 5 nitrogen and oxygen atoms in total. The average Bonchev–Trinajstić information content (AvgIpc) is 3.06. The molecule has 5 heteroatoms. The van der Waals surface area contributed by atoms with Gasteiger partial charge in [0, 0.05) is 23.1 Å². The summed E-state index contributed by atoms with van der Waals surface area (Å²) in [6.07, 6.45) is 0.873. The molecule has 1 aromatic carbocycles. The van der Waals surface area contributed by atoms with Crippen molar-refractivity contribution in [2.75, 3.05) is 0 Å². The Labute approximate surface area is 154 Å². The van der Waals surface area contributed by atoms with Crippen LogP contribution in [0.3, 0.4) is 0 Å². The molecule has 1 N–H and O–H groups in total. The Morgan fingerprint density at radius 3 is 2.50 bits per heavy atom. The van der Waals surface area contributed by atoms with Gasteiger partial charge in [0.25, 0.3) is 5.91 Å². The molecule has 26 heavy (non-hydrogen) atoms. The van der Waals surface area contributed by atoms with E-state index < -0.39 is 0 Å². The fourth-order valence-corrected chi connectivity index (χ4v) is 2.66. The molecule has 0 bridgehead atoms. The summed E-state index contributed by atoms with van der Waals surface area (Å²) in [6, 6.07) is 13.8. The molecule has 0 saturated heterocycles. The van der Waals surface area contributed by atoms with Gasteiger partial charge in [0.05, 0.1) is 11.4 Å². The van der Waals surface area contributed by atoms with Gasteiger partial charge in [-0.05, 0) is 19.4 Å². The summed E-state index contributed by atoms with van der Waals surface area (Å²) < 4.78 is 1.66. The first kappa shape index (κ1) is 18.1.